The van der Waals surface area contributed by atoms with Crippen LogP contribution in [0.3, 0.4) is 0 Å². The lowest BCUT2D eigenvalue weighted by Crippen LogP contribution is -2.16. The lowest BCUT2D eigenvalue weighted by molar-refractivity contribution is 0.0696. The average Bonchev–Trinajstić information content (AvgIpc) is 3.03. The summed E-state index contributed by atoms with van der Waals surface area (Å²) in [5.74, 6) is -0.971. The van der Waals surface area contributed by atoms with E-state index in [9.17, 15) is 14.7 Å². The zero-order valence-corrected chi connectivity index (χ0v) is 15.6. The molecule has 0 atom stereocenters. The maximum Gasteiger partial charge on any atom is 0.337 e. The quantitative estimate of drug-likeness (QED) is 0.669. The molecule has 0 fully saturated rings. The highest BCUT2D eigenvalue weighted by Gasteiger charge is 2.21. The number of imidazole rings is 1. The Bertz CT molecular complexity index is 1030. The molecule has 140 valence electrons. The van der Waals surface area contributed by atoms with E-state index in [1.54, 1.807) is 28.8 Å². The molecule has 0 aliphatic rings. The number of pyridine rings is 1. The zero-order chi connectivity index (χ0) is 19.6. The number of fused-ring (bicyclic) bond motifs is 1. The van der Waals surface area contributed by atoms with E-state index in [4.69, 9.17) is 16.3 Å². The maximum atomic E-state index is 12.9. The van der Waals surface area contributed by atoms with Gasteiger partial charge in [-0.2, -0.15) is 0 Å². The van der Waals surface area contributed by atoms with Crippen LogP contribution in [0.1, 0.15) is 40.4 Å². The summed E-state index contributed by atoms with van der Waals surface area (Å²) < 4.78 is 7.26. The largest absolute Gasteiger partial charge is 0.490 e. The molecule has 0 aliphatic heterocycles. The van der Waals surface area contributed by atoms with Crippen LogP contribution in [0.25, 0.3) is 5.65 Å². The van der Waals surface area contributed by atoms with Crippen LogP contribution >= 0.6 is 11.6 Å². The Morgan fingerprint density at radius 1 is 1.30 bits per heavy atom. The molecule has 0 unspecified atom stereocenters. The lowest BCUT2D eigenvalue weighted by Gasteiger charge is -2.09. The molecule has 2 aromatic heterocycles. The van der Waals surface area contributed by atoms with Crippen LogP contribution in [0.2, 0.25) is 5.02 Å². The number of aryl methyl sites for hydroxylation is 1. The lowest BCUT2D eigenvalue weighted by atomic mass is 10.2. The number of nitrogens with one attached hydrogen (secondary N) is 1. The van der Waals surface area contributed by atoms with Crippen molar-refractivity contribution in [1.82, 2.24) is 9.38 Å². The molecule has 1 aromatic carbocycles. The predicted molar refractivity (Wildman–Crippen MR) is 102 cm³/mol. The van der Waals surface area contributed by atoms with E-state index in [1.807, 2.05) is 13.8 Å². The number of ether oxygens (including phenoxy) is 1. The van der Waals surface area contributed by atoms with Gasteiger partial charge in [-0.15, -0.1) is 0 Å². The number of aromatic carboxylic acids is 1. The van der Waals surface area contributed by atoms with Crippen molar-refractivity contribution in [2.45, 2.75) is 20.3 Å². The molecule has 8 heteroatoms. The Kier molecular flexibility index (Phi) is 5.32. The number of benzene rings is 1. The monoisotopic (exact) mass is 387 g/mol. The molecule has 2 heterocycles. The second-order valence-electron chi connectivity index (χ2n) is 5.71. The molecule has 3 rings (SSSR count). The van der Waals surface area contributed by atoms with Crippen molar-refractivity contribution in [3.63, 3.8) is 0 Å². The van der Waals surface area contributed by atoms with Crippen molar-refractivity contribution in [2.75, 3.05) is 11.9 Å². The number of hydrogen-bond acceptors (Lipinski definition) is 4. The van der Waals surface area contributed by atoms with E-state index in [0.29, 0.717) is 41.5 Å². The summed E-state index contributed by atoms with van der Waals surface area (Å²) in [6, 6.07) is 7.88. The number of amides is 1. The number of aromatic nitrogens is 2. The van der Waals surface area contributed by atoms with E-state index in [-0.39, 0.29) is 10.6 Å². The molecule has 0 radical (unpaired) electrons. The first-order valence-corrected chi connectivity index (χ1v) is 8.81. The Morgan fingerprint density at radius 3 is 2.74 bits per heavy atom. The van der Waals surface area contributed by atoms with Gasteiger partial charge >= 0.3 is 5.97 Å². The maximum absolute atomic E-state index is 12.9. The first-order valence-electron chi connectivity index (χ1n) is 8.43. The highest BCUT2D eigenvalue weighted by molar-refractivity contribution is 6.33. The van der Waals surface area contributed by atoms with Gasteiger partial charge in [0.2, 0.25) is 0 Å². The number of hydrogen-bond donors (Lipinski definition) is 2. The Hall–Kier alpha value is -3.06. The van der Waals surface area contributed by atoms with Crippen molar-refractivity contribution in [3.05, 3.63) is 58.5 Å². The molecular weight excluding hydrogens is 370 g/mol. The molecule has 3 aromatic rings. The average molecular weight is 388 g/mol. The normalized spacial score (nSPS) is 10.8. The number of carbonyl (C=O) groups is 2. The first-order chi connectivity index (χ1) is 13.0. The number of carboxylic acid groups (broad SMARTS) is 1. The van der Waals surface area contributed by atoms with Gasteiger partial charge in [0.15, 0.2) is 11.4 Å². The summed E-state index contributed by atoms with van der Waals surface area (Å²) >= 11 is 5.88. The zero-order valence-electron chi connectivity index (χ0n) is 14.8. The molecule has 27 heavy (non-hydrogen) atoms. The van der Waals surface area contributed by atoms with Crippen LogP contribution < -0.4 is 10.1 Å². The number of carbonyl (C=O) groups excluding carboxylic acids is 1. The van der Waals surface area contributed by atoms with Crippen molar-refractivity contribution < 1.29 is 19.4 Å². The highest BCUT2D eigenvalue weighted by atomic mass is 35.5. The van der Waals surface area contributed by atoms with Gasteiger partial charge in [0.1, 0.15) is 5.69 Å². The van der Waals surface area contributed by atoms with Gasteiger partial charge in [0.25, 0.3) is 5.91 Å². The second-order valence-corrected chi connectivity index (χ2v) is 6.12. The Balaban J connectivity index is 2.02. The minimum Gasteiger partial charge on any atom is -0.490 e. The molecule has 0 saturated carbocycles. The van der Waals surface area contributed by atoms with Crippen molar-refractivity contribution in [3.8, 4) is 5.75 Å². The van der Waals surface area contributed by atoms with Gasteiger partial charge in [0, 0.05) is 11.9 Å². The Labute approximate surface area is 160 Å². The van der Waals surface area contributed by atoms with Crippen LogP contribution in [-0.4, -0.2) is 33.0 Å². The smallest absolute Gasteiger partial charge is 0.337 e. The second kappa shape index (κ2) is 7.67. The fraction of sp³-hybridized carbons (Fsp3) is 0.211. The first kappa shape index (κ1) is 18.7. The summed E-state index contributed by atoms with van der Waals surface area (Å²) in [6.45, 7) is 4.27. The van der Waals surface area contributed by atoms with Crippen molar-refractivity contribution >= 4 is 34.8 Å². The molecular formula is C19H18ClN3O4. The third-order valence-electron chi connectivity index (χ3n) is 3.99. The van der Waals surface area contributed by atoms with Crippen LogP contribution in [-0.2, 0) is 6.42 Å². The molecule has 1 amide bonds. The third-order valence-corrected chi connectivity index (χ3v) is 4.32. The number of carboxylic acids is 1. The molecule has 2 N–H and O–H groups in total. The summed E-state index contributed by atoms with van der Waals surface area (Å²) in [5.41, 5.74) is 1.80. The molecule has 7 nitrogen and oxygen atoms in total. The fourth-order valence-corrected chi connectivity index (χ4v) is 3.00. The molecule has 0 spiro atoms. The van der Waals surface area contributed by atoms with Crippen LogP contribution in [0, 0.1) is 0 Å². The minimum absolute atomic E-state index is 0.0815. The summed E-state index contributed by atoms with van der Waals surface area (Å²) in [6.07, 6.45) is 2.29. The standard InChI is InChI=1S/C19H18ClN3O4/c1-3-14-16(23-9-5-6-15(27-4-2)17(23)22-14)18(24)21-11-7-8-13(20)12(10-11)19(25)26/h5-10H,3-4H2,1-2H3,(H,21,24)(H,25,26). The molecule has 0 saturated heterocycles. The van der Waals surface area contributed by atoms with Crippen LogP contribution in [0.4, 0.5) is 5.69 Å². The van der Waals surface area contributed by atoms with E-state index < -0.39 is 11.9 Å². The molecule has 0 bridgehead atoms. The van der Waals surface area contributed by atoms with Gasteiger partial charge < -0.3 is 15.2 Å². The topological polar surface area (TPSA) is 92.9 Å². The van der Waals surface area contributed by atoms with Gasteiger partial charge in [0.05, 0.1) is 22.9 Å². The number of nitrogens with zero attached hydrogens (tertiary/aromatic N) is 2. The van der Waals surface area contributed by atoms with E-state index in [0.717, 1.165) is 0 Å². The summed E-state index contributed by atoms with van der Waals surface area (Å²) in [4.78, 5) is 28.7. The predicted octanol–water partition coefficient (Wildman–Crippen LogP) is 3.90. The summed E-state index contributed by atoms with van der Waals surface area (Å²) in [7, 11) is 0. The SMILES string of the molecule is CCOc1cccn2c(C(=O)Nc3ccc(Cl)c(C(=O)O)c3)c(CC)nc12. The Morgan fingerprint density at radius 2 is 2.07 bits per heavy atom. The number of rotatable bonds is 6. The van der Waals surface area contributed by atoms with E-state index in [2.05, 4.69) is 10.3 Å². The van der Waals surface area contributed by atoms with E-state index in [1.165, 1.54) is 12.1 Å². The van der Waals surface area contributed by atoms with Gasteiger partial charge in [-0.25, -0.2) is 9.78 Å². The van der Waals surface area contributed by atoms with Gasteiger partial charge in [-0.1, -0.05) is 18.5 Å². The van der Waals surface area contributed by atoms with Gasteiger partial charge in [-0.3, -0.25) is 9.20 Å². The van der Waals surface area contributed by atoms with Crippen molar-refractivity contribution in [1.29, 1.82) is 0 Å². The summed E-state index contributed by atoms with van der Waals surface area (Å²) in [5, 5.41) is 12.0. The van der Waals surface area contributed by atoms with E-state index >= 15 is 0 Å². The van der Waals surface area contributed by atoms with Crippen LogP contribution in [0.5, 0.6) is 5.75 Å². The number of anilines is 1. The fourth-order valence-electron chi connectivity index (χ4n) is 2.80. The van der Waals surface area contributed by atoms with Crippen LogP contribution in [0.15, 0.2) is 36.5 Å². The third kappa shape index (κ3) is 3.59. The highest BCUT2D eigenvalue weighted by Crippen LogP contribution is 2.25. The number of halogens is 1. The van der Waals surface area contributed by atoms with Gasteiger partial charge in [-0.05, 0) is 43.7 Å². The van der Waals surface area contributed by atoms with Crippen molar-refractivity contribution in [2.24, 2.45) is 0 Å². The minimum atomic E-state index is -1.17. The molecule has 0 aliphatic carbocycles.